The van der Waals surface area contributed by atoms with Gasteiger partial charge in [0, 0.05) is 22.5 Å². The van der Waals surface area contributed by atoms with Crippen LogP contribution in [0.25, 0.3) is 21.9 Å². The topological polar surface area (TPSA) is 3.24 Å². The summed E-state index contributed by atoms with van der Waals surface area (Å²) >= 11 is 0. The van der Waals surface area contributed by atoms with Crippen LogP contribution in [0.4, 0.5) is 17.1 Å². The first-order chi connectivity index (χ1) is 15.6. The van der Waals surface area contributed by atoms with Crippen LogP contribution in [0.3, 0.4) is 0 Å². The third-order valence-corrected chi connectivity index (χ3v) is 6.81. The second kappa shape index (κ2) is 7.10. The number of hydrogen-bond acceptors (Lipinski definition) is 1. The van der Waals surface area contributed by atoms with E-state index in [1.165, 1.54) is 38.7 Å². The van der Waals surface area contributed by atoms with Crippen molar-refractivity contribution in [2.75, 3.05) is 4.90 Å². The maximum Gasteiger partial charge on any atom is 0.0468 e. The molecule has 1 nitrogen and oxygen atoms in total. The molecule has 32 heavy (non-hydrogen) atoms. The second-order valence-corrected chi connectivity index (χ2v) is 9.11. The molecule has 0 N–H and O–H groups in total. The van der Waals surface area contributed by atoms with Crippen molar-refractivity contribution in [2.24, 2.45) is 0 Å². The first kappa shape index (κ1) is 18.9. The third-order valence-electron chi connectivity index (χ3n) is 6.81. The molecule has 6 rings (SSSR count). The van der Waals surface area contributed by atoms with Gasteiger partial charge in [-0.05, 0) is 81.6 Å². The maximum atomic E-state index is 2.39. The first-order valence-electron chi connectivity index (χ1n) is 11.2. The van der Waals surface area contributed by atoms with E-state index in [4.69, 9.17) is 0 Å². The molecule has 0 spiro atoms. The molecule has 0 atom stereocenters. The van der Waals surface area contributed by atoms with Crippen LogP contribution in [0.5, 0.6) is 0 Å². The van der Waals surface area contributed by atoms with Gasteiger partial charge in [0.15, 0.2) is 0 Å². The van der Waals surface area contributed by atoms with Crippen molar-refractivity contribution in [1.29, 1.82) is 0 Å². The van der Waals surface area contributed by atoms with E-state index in [0.717, 1.165) is 11.4 Å². The molecule has 1 heteroatoms. The fraction of sp³-hybridized carbons (Fsp3) is 0.0968. The normalized spacial score (nSPS) is 13.6. The lowest BCUT2D eigenvalue weighted by Crippen LogP contribution is -2.14. The Morgan fingerprint density at radius 2 is 1.09 bits per heavy atom. The fourth-order valence-corrected chi connectivity index (χ4v) is 5.17. The van der Waals surface area contributed by atoms with Crippen molar-refractivity contribution in [3.63, 3.8) is 0 Å². The fourth-order valence-electron chi connectivity index (χ4n) is 5.17. The van der Waals surface area contributed by atoms with E-state index < -0.39 is 0 Å². The second-order valence-electron chi connectivity index (χ2n) is 9.11. The Labute approximate surface area is 189 Å². The summed E-state index contributed by atoms with van der Waals surface area (Å²) in [6.45, 7) is 4.68. The van der Waals surface area contributed by atoms with E-state index in [0.29, 0.717) is 0 Å². The van der Waals surface area contributed by atoms with Gasteiger partial charge in [0.2, 0.25) is 0 Å². The summed E-state index contributed by atoms with van der Waals surface area (Å²) in [7, 11) is 0. The molecule has 0 bridgehead atoms. The Hall–Kier alpha value is -3.84. The van der Waals surface area contributed by atoms with Gasteiger partial charge < -0.3 is 4.90 Å². The highest BCUT2D eigenvalue weighted by Crippen LogP contribution is 2.50. The zero-order valence-electron chi connectivity index (χ0n) is 18.4. The highest BCUT2D eigenvalue weighted by Gasteiger charge is 2.35. The molecule has 5 aromatic rings. The molecule has 0 aliphatic heterocycles. The van der Waals surface area contributed by atoms with Crippen LogP contribution in [-0.2, 0) is 5.41 Å². The standard InChI is InChI=1S/C31H25N/c1-31(2)29-16-10-9-15-27(29)28-20-23-19-26(18-17-22(23)21-30(28)31)32(24-11-5-3-6-12-24)25-13-7-4-8-14-25/h3-21H,1-2H3. The van der Waals surface area contributed by atoms with Crippen molar-refractivity contribution >= 4 is 27.8 Å². The SMILES string of the molecule is CC1(C)c2ccccc2-c2cc3cc(N(c4ccccc4)c4ccccc4)ccc3cc21. The highest BCUT2D eigenvalue weighted by atomic mass is 15.1. The predicted octanol–water partition coefficient (Wildman–Crippen LogP) is 8.62. The molecule has 0 unspecified atom stereocenters. The van der Waals surface area contributed by atoms with Crippen molar-refractivity contribution in [2.45, 2.75) is 19.3 Å². The molecular formula is C31H25N. The molecular weight excluding hydrogens is 386 g/mol. The monoisotopic (exact) mass is 411 g/mol. The molecule has 1 aliphatic rings. The molecule has 154 valence electrons. The Morgan fingerprint density at radius 1 is 0.469 bits per heavy atom. The van der Waals surface area contributed by atoms with Gasteiger partial charge >= 0.3 is 0 Å². The maximum absolute atomic E-state index is 2.39. The van der Waals surface area contributed by atoms with Crippen molar-refractivity contribution < 1.29 is 0 Å². The lowest BCUT2D eigenvalue weighted by molar-refractivity contribution is 0.661. The Balaban J connectivity index is 1.55. The summed E-state index contributed by atoms with van der Waals surface area (Å²) in [6.07, 6.45) is 0. The summed E-state index contributed by atoms with van der Waals surface area (Å²) in [5.41, 5.74) is 9.07. The van der Waals surface area contributed by atoms with Crippen LogP contribution in [0.2, 0.25) is 0 Å². The van der Waals surface area contributed by atoms with Gasteiger partial charge in [0.25, 0.3) is 0 Å². The number of fused-ring (bicyclic) bond motifs is 4. The van der Waals surface area contributed by atoms with Gasteiger partial charge in [0.1, 0.15) is 0 Å². The van der Waals surface area contributed by atoms with Crippen molar-refractivity contribution in [3.05, 3.63) is 126 Å². The average Bonchev–Trinajstić information content (AvgIpc) is 3.06. The van der Waals surface area contributed by atoms with E-state index in [1.807, 2.05) is 0 Å². The minimum absolute atomic E-state index is 0.0267. The van der Waals surface area contributed by atoms with E-state index in [2.05, 4.69) is 134 Å². The largest absolute Gasteiger partial charge is 0.310 e. The molecule has 1 aliphatic carbocycles. The molecule has 0 saturated carbocycles. The zero-order chi connectivity index (χ0) is 21.7. The number of nitrogens with zero attached hydrogens (tertiary/aromatic N) is 1. The summed E-state index contributed by atoms with van der Waals surface area (Å²) in [5, 5.41) is 2.56. The third kappa shape index (κ3) is 2.85. The summed E-state index contributed by atoms with van der Waals surface area (Å²) in [6, 6.07) is 41.6. The minimum Gasteiger partial charge on any atom is -0.310 e. The smallest absolute Gasteiger partial charge is 0.0468 e. The summed E-state index contributed by atoms with van der Waals surface area (Å²) in [4.78, 5) is 2.32. The average molecular weight is 412 g/mol. The van der Waals surface area contributed by atoms with Gasteiger partial charge in [-0.3, -0.25) is 0 Å². The number of hydrogen-bond donors (Lipinski definition) is 0. The molecule has 5 aromatic carbocycles. The van der Waals surface area contributed by atoms with Crippen LogP contribution in [0.1, 0.15) is 25.0 Å². The van der Waals surface area contributed by atoms with Gasteiger partial charge in [0.05, 0.1) is 0 Å². The summed E-state index contributed by atoms with van der Waals surface area (Å²) < 4.78 is 0. The summed E-state index contributed by atoms with van der Waals surface area (Å²) in [5.74, 6) is 0. The Morgan fingerprint density at radius 3 is 1.78 bits per heavy atom. The quantitative estimate of drug-likeness (QED) is 0.287. The number of rotatable bonds is 3. The van der Waals surface area contributed by atoms with Crippen molar-refractivity contribution in [3.8, 4) is 11.1 Å². The molecule has 0 amide bonds. The van der Waals surface area contributed by atoms with Gasteiger partial charge in [-0.1, -0.05) is 80.6 Å². The van der Waals surface area contributed by atoms with Crippen LogP contribution in [0, 0.1) is 0 Å². The van der Waals surface area contributed by atoms with Gasteiger partial charge in [-0.15, -0.1) is 0 Å². The molecule has 0 saturated heterocycles. The van der Waals surface area contributed by atoms with Crippen molar-refractivity contribution in [1.82, 2.24) is 0 Å². The van der Waals surface area contributed by atoms with E-state index in [9.17, 15) is 0 Å². The molecule has 0 radical (unpaired) electrons. The van der Waals surface area contributed by atoms with E-state index >= 15 is 0 Å². The molecule has 0 aromatic heterocycles. The lowest BCUT2D eigenvalue weighted by atomic mass is 9.82. The van der Waals surface area contributed by atoms with Crippen LogP contribution < -0.4 is 4.90 Å². The minimum atomic E-state index is 0.0267. The van der Waals surface area contributed by atoms with E-state index in [-0.39, 0.29) is 5.41 Å². The molecule has 0 fully saturated rings. The zero-order valence-corrected chi connectivity index (χ0v) is 18.4. The number of anilines is 3. The highest BCUT2D eigenvalue weighted by molar-refractivity contribution is 5.96. The molecule has 0 heterocycles. The number of para-hydroxylation sites is 2. The Kier molecular flexibility index (Phi) is 4.19. The lowest BCUT2D eigenvalue weighted by Gasteiger charge is -2.26. The first-order valence-corrected chi connectivity index (χ1v) is 11.2. The predicted molar refractivity (Wildman–Crippen MR) is 136 cm³/mol. The Bertz CT molecular complexity index is 1390. The van der Waals surface area contributed by atoms with Crippen LogP contribution in [-0.4, -0.2) is 0 Å². The van der Waals surface area contributed by atoms with Gasteiger partial charge in [-0.2, -0.15) is 0 Å². The van der Waals surface area contributed by atoms with Crippen LogP contribution in [0.15, 0.2) is 115 Å². The van der Waals surface area contributed by atoms with E-state index in [1.54, 1.807) is 0 Å². The van der Waals surface area contributed by atoms with Crippen LogP contribution >= 0.6 is 0 Å². The van der Waals surface area contributed by atoms with Gasteiger partial charge in [-0.25, -0.2) is 0 Å². The number of benzene rings is 5.